The molecule has 0 aliphatic carbocycles. The lowest BCUT2D eigenvalue weighted by Crippen LogP contribution is -2.32. The number of hydrogen-bond donors (Lipinski definition) is 0. The van der Waals surface area contributed by atoms with Gasteiger partial charge in [0, 0.05) is 31.4 Å². The Bertz CT molecular complexity index is 793. The third-order valence-corrected chi connectivity index (χ3v) is 4.31. The van der Waals surface area contributed by atoms with Crippen LogP contribution in [-0.2, 0) is 41.8 Å². The fourth-order valence-corrected chi connectivity index (χ4v) is 2.82. The van der Waals surface area contributed by atoms with E-state index in [1.165, 1.54) is 12.2 Å². The van der Waals surface area contributed by atoms with Gasteiger partial charge in [-0.25, -0.2) is 4.79 Å². The number of benzene rings is 1. The number of amides is 4. The summed E-state index contributed by atoms with van der Waals surface area (Å²) in [5.74, 6) is -2.24. The second kappa shape index (κ2) is 7.94. The molecule has 1 saturated heterocycles. The van der Waals surface area contributed by atoms with Crippen LogP contribution in [0.5, 0.6) is 0 Å². The number of imide groups is 2. The lowest BCUT2D eigenvalue weighted by Gasteiger charge is -2.14. The number of hydroxylamine groups is 2. The molecule has 2 aliphatic heterocycles. The van der Waals surface area contributed by atoms with E-state index in [1.807, 2.05) is 24.3 Å². The maximum absolute atomic E-state index is 11.7. The fraction of sp³-hybridized carbons (Fsp3) is 0.316. The minimum Gasteiger partial charge on any atom is -0.330 e. The molecule has 27 heavy (non-hydrogen) atoms. The number of hydrogen-bond acceptors (Lipinski definition) is 6. The van der Waals surface area contributed by atoms with Crippen molar-refractivity contribution >= 4 is 29.6 Å². The Morgan fingerprint density at radius 3 is 2.04 bits per heavy atom. The van der Waals surface area contributed by atoms with Crippen molar-refractivity contribution in [1.29, 1.82) is 0 Å². The number of aryl methyl sites for hydroxylation is 1. The van der Waals surface area contributed by atoms with Gasteiger partial charge in [0.25, 0.3) is 23.6 Å². The van der Waals surface area contributed by atoms with Crippen molar-refractivity contribution in [2.24, 2.45) is 0 Å². The first-order valence-electron chi connectivity index (χ1n) is 8.62. The highest BCUT2D eigenvalue weighted by Crippen LogP contribution is 2.15. The molecule has 3 rings (SSSR count). The summed E-state index contributed by atoms with van der Waals surface area (Å²) in [5, 5.41) is 0.549. The van der Waals surface area contributed by atoms with Crippen LogP contribution in [0.25, 0.3) is 0 Å². The van der Waals surface area contributed by atoms with Gasteiger partial charge in [-0.05, 0) is 24.0 Å². The largest absolute Gasteiger partial charge is 0.333 e. The van der Waals surface area contributed by atoms with Gasteiger partial charge in [-0.15, -0.1) is 5.06 Å². The molecule has 1 aromatic rings. The van der Waals surface area contributed by atoms with Gasteiger partial charge in [-0.2, -0.15) is 0 Å². The molecule has 8 heteroatoms. The molecule has 0 spiro atoms. The van der Waals surface area contributed by atoms with Crippen LogP contribution in [0.15, 0.2) is 36.4 Å². The highest BCUT2D eigenvalue weighted by molar-refractivity contribution is 6.12. The van der Waals surface area contributed by atoms with Crippen LogP contribution in [0.4, 0.5) is 0 Å². The van der Waals surface area contributed by atoms with E-state index in [0.717, 1.165) is 16.0 Å². The molecule has 0 bridgehead atoms. The quantitative estimate of drug-likeness (QED) is 0.665. The van der Waals surface area contributed by atoms with Gasteiger partial charge in [-0.3, -0.25) is 24.1 Å². The molecule has 140 valence electrons. The van der Waals surface area contributed by atoms with E-state index in [2.05, 4.69) is 0 Å². The summed E-state index contributed by atoms with van der Waals surface area (Å²) in [4.78, 5) is 63.6. The standard InChI is InChI=1S/C19H18N2O6/c22-15-8-9-16(23)20(15)12-14-6-4-13(5-7-14)2-1-3-19(26)27-21-17(24)10-11-18(21)25/h4-9H,1-3,10-12H2. The van der Waals surface area contributed by atoms with Gasteiger partial charge in [0.05, 0.1) is 6.54 Å². The molecule has 0 unspecified atom stereocenters. The van der Waals surface area contributed by atoms with E-state index >= 15 is 0 Å². The van der Waals surface area contributed by atoms with Gasteiger partial charge in [0.2, 0.25) is 0 Å². The third-order valence-electron chi connectivity index (χ3n) is 4.31. The maximum atomic E-state index is 11.7. The van der Waals surface area contributed by atoms with E-state index in [-0.39, 0.29) is 37.6 Å². The lowest BCUT2D eigenvalue weighted by atomic mass is 10.1. The Kier molecular flexibility index (Phi) is 5.44. The summed E-state index contributed by atoms with van der Waals surface area (Å²) in [6.45, 7) is 0.217. The van der Waals surface area contributed by atoms with Crippen LogP contribution in [0.3, 0.4) is 0 Å². The van der Waals surface area contributed by atoms with E-state index in [9.17, 15) is 24.0 Å². The summed E-state index contributed by atoms with van der Waals surface area (Å²) in [6.07, 6.45) is 3.84. The van der Waals surface area contributed by atoms with Crippen LogP contribution in [0, 0.1) is 0 Å². The molecule has 4 amide bonds. The van der Waals surface area contributed by atoms with Crippen LogP contribution in [-0.4, -0.2) is 39.6 Å². The minimum atomic E-state index is -0.617. The molecule has 0 N–H and O–H groups in total. The van der Waals surface area contributed by atoms with Crippen molar-refractivity contribution < 1.29 is 28.8 Å². The fourth-order valence-electron chi connectivity index (χ4n) is 2.82. The number of nitrogens with zero attached hydrogens (tertiary/aromatic N) is 2. The highest BCUT2D eigenvalue weighted by Gasteiger charge is 2.32. The molecule has 0 aromatic heterocycles. The predicted octanol–water partition coefficient (Wildman–Crippen LogP) is 1.04. The number of carbonyl (C=O) groups is 5. The van der Waals surface area contributed by atoms with Crippen LogP contribution in [0.1, 0.15) is 36.8 Å². The molecule has 2 heterocycles. The third kappa shape index (κ3) is 4.46. The Morgan fingerprint density at radius 1 is 0.889 bits per heavy atom. The van der Waals surface area contributed by atoms with E-state index in [4.69, 9.17) is 4.84 Å². The highest BCUT2D eigenvalue weighted by atomic mass is 16.7. The zero-order valence-electron chi connectivity index (χ0n) is 14.6. The monoisotopic (exact) mass is 370 g/mol. The van der Waals surface area contributed by atoms with Crippen molar-refractivity contribution in [3.05, 3.63) is 47.5 Å². The number of rotatable bonds is 7. The molecule has 0 radical (unpaired) electrons. The summed E-state index contributed by atoms with van der Waals surface area (Å²) < 4.78 is 0. The molecular formula is C19H18N2O6. The Hall–Kier alpha value is -3.29. The SMILES string of the molecule is O=C(CCCc1ccc(CN2C(=O)C=CC2=O)cc1)ON1C(=O)CCC1=O. The van der Waals surface area contributed by atoms with Gasteiger partial charge in [0.1, 0.15) is 0 Å². The molecule has 0 atom stereocenters. The second-order valence-corrected chi connectivity index (χ2v) is 6.31. The van der Waals surface area contributed by atoms with E-state index in [1.54, 1.807) is 0 Å². The van der Waals surface area contributed by atoms with Gasteiger partial charge in [0.15, 0.2) is 0 Å². The average molecular weight is 370 g/mol. The first kappa shape index (κ1) is 18.5. The summed E-state index contributed by atoms with van der Waals surface area (Å²) >= 11 is 0. The second-order valence-electron chi connectivity index (χ2n) is 6.31. The van der Waals surface area contributed by atoms with Crippen molar-refractivity contribution in [2.45, 2.75) is 38.6 Å². The molecule has 8 nitrogen and oxygen atoms in total. The molecule has 1 aromatic carbocycles. The molecule has 0 saturated carbocycles. The maximum Gasteiger partial charge on any atom is 0.333 e. The first-order valence-corrected chi connectivity index (χ1v) is 8.62. The van der Waals surface area contributed by atoms with Crippen molar-refractivity contribution in [3.63, 3.8) is 0 Å². The van der Waals surface area contributed by atoms with Crippen molar-refractivity contribution in [2.75, 3.05) is 0 Å². The van der Waals surface area contributed by atoms with Gasteiger partial charge < -0.3 is 4.84 Å². The zero-order valence-corrected chi connectivity index (χ0v) is 14.6. The Balaban J connectivity index is 1.43. The Labute approximate surface area is 155 Å². The molecular weight excluding hydrogens is 352 g/mol. The first-order chi connectivity index (χ1) is 12.9. The number of carbonyl (C=O) groups excluding carboxylic acids is 5. The van der Waals surface area contributed by atoms with Gasteiger partial charge in [-0.1, -0.05) is 24.3 Å². The van der Waals surface area contributed by atoms with E-state index in [0.29, 0.717) is 17.9 Å². The topological polar surface area (TPSA) is 101 Å². The normalized spacial score (nSPS) is 16.6. The molecule has 1 fully saturated rings. The minimum absolute atomic E-state index is 0.0726. The zero-order chi connectivity index (χ0) is 19.4. The molecule has 2 aliphatic rings. The smallest absolute Gasteiger partial charge is 0.330 e. The predicted molar refractivity (Wildman–Crippen MR) is 91.3 cm³/mol. The van der Waals surface area contributed by atoms with Crippen LogP contribution in [0.2, 0.25) is 0 Å². The van der Waals surface area contributed by atoms with Crippen molar-refractivity contribution in [1.82, 2.24) is 9.96 Å². The van der Waals surface area contributed by atoms with Crippen LogP contribution >= 0.6 is 0 Å². The summed E-state index contributed by atoms with van der Waals surface area (Å²) in [6, 6.07) is 7.39. The van der Waals surface area contributed by atoms with Crippen molar-refractivity contribution in [3.8, 4) is 0 Å². The van der Waals surface area contributed by atoms with E-state index < -0.39 is 17.8 Å². The lowest BCUT2D eigenvalue weighted by molar-refractivity contribution is -0.197. The van der Waals surface area contributed by atoms with Crippen LogP contribution < -0.4 is 0 Å². The summed E-state index contributed by atoms with van der Waals surface area (Å²) in [5.41, 5.74) is 1.81. The Morgan fingerprint density at radius 2 is 1.44 bits per heavy atom. The van der Waals surface area contributed by atoms with Gasteiger partial charge >= 0.3 is 5.97 Å². The average Bonchev–Trinajstić information content (AvgIpc) is 3.13. The summed E-state index contributed by atoms with van der Waals surface area (Å²) in [7, 11) is 0.